The van der Waals surface area contributed by atoms with Crippen molar-refractivity contribution in [2.45, 2.75) is 45.2 Å². The molecule has 1 fully saturated rings. The smallest absolute Gasteiger partial charge is 0.326 e. The van der Waals surface area contributed by atoms with Gasteiger partial charge in [0.05, 0.1) is 0 Å². The van der Waals surface area contributed by atoms with Crippen LogP contribution >= 0.6 is 0 Å². The molecule has 0 aliphatic heterocycles. The number of aliphatic hydroxyl groups excluding tert-OH is 1. The van der Waals surface area contributed by atoms with E-state index in [-0.39, 0.29) is 25.1 Å². The Balaban J connectivity index is 2.55. The lowest BCUT2D eigenvalue weighted by Gasteiger charge is -2.28. The summed E-state index contributed by atoms with van der Waals surface area (Å²) in [5, 5.41) is 20.2. The first-order valence-electron chi connectivity index (χ1n) is 6.36. The molecule has 18 heavy (non-hydrogen) atoms. The fourth-order valence-electron chi connectivity index (χ4n) is 1.73. The van der Waals surface area contributed by atoms with Crippen LogP contribution in [0.3, 0.4) is 0 Å². The van der Waals surface area contributed by atoms with E-state index in [2.05, 4.69) is 5.32 Å². The predicted octanol–water partition coefficient (Wildman–Crippen LogP) is 0.652. The molecule has 0 radical (unpaired) electrons. The van der Waals surface area contributed by atoms with E-state index in [1.807, 2.05) is 13.8 Å². The minimum Gasteiger partial charge on any atom is -0.480 e. The Morgan fingerprint density at radius 2 is 2.00 bits per heavy atom. The van der Waals surface area contributed by atoms with E-state index in [9.17, 15) is 9.59 Å². The van der Waals surface area contributed by atoms with Crippen LogP contribution in [0.5, 0.6) is 0 Å². The maximum Gasteiger partial charge on any atom is 0.326 e. The Hall–Kier alpha value is -1.30. The van der Waals surface area contributed by atoms with Crippen LogP contribution in [0.4, 0.5) is 4.79 Å². The van der Waals surface area contributed by atoms with Crippen LogP contribution in [0.2, 0.25) is 0 Å². The van der Waals surface area contributed by atoms with Gasteiger partial charge in [-0.2, -0.15) is 0 Å². The largest absolute Gasteiger partial charge is 0.480 e. The van der Waals surface area contributed by atoms with Gasteiger partial charge in [0.15, 0.2) is 0 Å². The molecular weight excluding hydrogens is 236 g/mol. The zero-order valence-corrected chi connectivity index (χ0v) is 10.9. The van der Waals surface area contributed by atoms with Crippen molar-refractivity contribution in [1.82, 2.24) is 10.2 Å². The fourth-order valence-corrected chi connectivity index (χ4v) is 1.73. The molecule has 104 valence electrons. The molecule has 1 aliphatic rings. The second-order valence-electron chi connectivity index (χ2n) is 5.04. The first-order chi connectivity index (χ1) is 8.45. The van der Waals surface area contributed by atoms with Gasteiger partial charge in [-0.25, -0.2) is 9.59 Å². The van der Waals surface area contributed by atoms with E-state index in [4.69, 9.17) is 10.2 Å². The van der Waals surface area contributed by atoms with Gasteiger partial charge in [0.2, 0.25) is 0 Å². The monoisotopic (exact) mass is 258 g/mol. The van der Waals surface area contributed by atoms with Crippen molar-refractivity contribution in [2.75, 3.05) is 13.2 Å². The summed E-state index contributed by atoms with van der Waals surface area (Å²) in [7, 11) is 0. The summed E-state index contributed by atoms with van der Waals surface area (Å²) in [6.07, 6.45) is 2.29. The van der Waals surface area contributed by atoms with Crippen molar-refractivity contribution in [3.63, 3.8) is 0 Å². The lowest BCUT2D eigenvalue weighted by atomic mass is 10.2. The Morgan fingerprint density at radius 3 is 2.39 bits per heavy atom. The molecule has 3 N–H and O–H groups in total. The van der Waals surface area contributed by atoms with Crippen LogP contribution in [0.15, 0.2) is 0 Å². The van der Waals surface area contributed by atoms with Crippen LogP contribution in [0, 0.1) is 5.92 Å². The predicted molar refractivity (Wildman–Crippen MR) is 66.2 cm³/mol. The van der Waals surface area contributed by atoms with Gasteiger partial charge in [-0.3, -0.25) is 0 Å². The Morgan fingerprint density at radius 1 is 1.39 bits per heavy atom. The van der Waals surface area contributed by atoms with E-state index < -0.39 is 12.0 Å². The highest BCUT2D eigenvalue weighted by Gasteiger charge is 2.30. The number of aliphatic carboxylic acids is 1. The van der Waals surface area contributed by atoms with Gasteiger partial charge < -0.3 is 20.4 Å². The maximum atomic E-state index is 12.0. The van der Waals surface area contributed by atoms with Gasteiger partial charge in [-0.15, -0.1) is 0 Å². The van der Waals surface area contributed by atoms with Crippen LogP contribution in [0.1, 0.15) is 33.1 Å². The number of nitrogens with zero attached hydrogens (tertiary/aromatic N) is 1. The average molecular weight is 258 g/mol. The standard InChI is InChI=1S/C12H22N2O4/c1-8(2)14(7-9-3-4-9)12(18)13-10(5-6-15)11(16)17/h8-10,15H,3-7H2,1-2H3,(H,13,18)(H,16,17)/t10-/m0/s1. The second-order valence-corrected chi connectivity index (χ2v) is 5.04. The first-order valence-corrected chi connectivity index (χ1v) is 6.36. The lowest BCUT2D eigenvalue weighted by Crippen LogP contribution is -2.51. The second kappa shape index (κ2) is 6.58. The molecule has 0 aromatic carbocycles. The number of amides is 2. The highest BCUT2D eigenvalue weighted by Crippen LogP contribution is 2.30. The van der Waals surface area contributed by atoms with Gasteiger partial charge in [-0.1, -0.05) is 0 Å². The molecule has 0 spiro atoms. The average Bonchev–Trinajstić information content (AvgIpc) is 3.08. The van der Waals surface area contributed by atoms with Crippen molar-refractivity contribution in [2.24, 2.45) is 5.92 Å². The van der Waals surface area contributed by atoms with Gasteiger partial charge in [0, 0.05) is 25.6 Å². The Kier molecular flexibility index (Phi) is 5.40. The molecule has 1 saturated carbocycles. The van der Waals surface area contributed by atoms with Gasteiger partial charge in [0.1, 0.15) is 6.04 Å². The quantitative estimate of drug-likeness (QED) is 0.625. The van der Waals surface area contributed by atoms with Crippen molar-refractivity contribution >= 4 is 12.0 Å². The number of urea groups is 1. The molecule has 1 atom stereocenters. The van der Waals surface area contributed by atoms with Crippen molar-refractivity contribution in [1.29, 1.82) is 0 Å². The molecule has 0 heterocycles. The molecule has 0 saturated heterocycles. The lowest BCUT2D eigenvalue weighted by molar-refractivity contribution is -0.139. The molecule has 6 heteroatoms. The van der Waals surface area contributed by atoms with E-state index in [0.29, 0.717) is 12.5 Å². The van der Waals surface area contributed by atoms with Gasteiger partial charge in [-0.05, 0) is 32.6 Å². The number of hydrogen-bond donors (Lipinski definition) is 3. The summed E-state index contributed by atoms with van der Waals surface area (Å²) in [6, 6.07) is -1.35. The highest BCUT2D eigenvalue weighted by atomic mass is 16.4. The van der Waals surface area contributed by atoms with Crippen molar-refractivity contribution < 1.29 is 19.8 Å². The maximum absolute atomic E-state index is 12.0. The number of carboxylic acids is 1. The Labute approximate surface area is 107 Å². The van der Waals surface area contributed by atoms with Gasteiger partial charge in [0.25, 0.3) is 0 Å². The third kappa shape index (κ3) is 4.52. The zero-order valence-electron chi connectivity index (χ0n) is 10.9. The topological polar surface area (TPSA) is 89.9 Å². The van der Waals surface area contributed by atoms with E-state index in [1.165, 1.54) is 0 Å². The molecule has 0 bridgehead atoms. The van der Waals surface area contributed by atoms with Crippen LogP contribution in [-0.2, 0) is 4.79 Å². The number of aliphatic hydroxyl groups is 1. The van der Waals surface area contributed by atoms with E-state index in [0.717, 1.165) is 12.8 Å². The summed E-state index contributed by atoms with van der Waals surface area (Å²) in [6.45, 7) is 4.23. The first kappa shape index (κ1) is 14.8. The SMILES string of the molecule is CC(C)N(CC1CC1)C(=O)N[C@@H](CCO)C(=O)O. The number of carbonyl (C=O) groups is 2. The minimum atomic E-state index is -1.12. The van der Waals surface area contributed by atoms with E-state index in [1.54, 1.807) is 4.90 Å². The number of nitrogens with one attached hydrogen (secondary N) is 1. The molecule has 0 aromatic rings. The molecule has 0 aromatic heterocycles. The minimum absolute atomic E-state index is 0.0242. The fraction of sp³-hybridized carbons (Fsp3) is 0.833. The van der Waals surface area contributed by atoms with Crippen molar-refractivity contribution in [3.05, 3.63) is 0 Å². The highest BCUT2D eigenvalue weighted by molar-refractivity contribution is 5.82. The summed E-state index contributed by atoms with van der Waals surface area (Å²) < 4.78 is 0. The molecule has 6 nitrogen and oxygen atoms in total. The molecule has 1 rings (SSSR count). The van der Waals surface area contributed by atoms with Crippen LogP contribution in [-0.4, -0.2) is 52.3 Å². The van der Waals surface area contributed by atoms with Crippen LogP contribution in [0.25, 0.3) is 0 Å². The molecule has 0 unspecified atom stereocenters. The zero-order chi connectivity index (χ0) is 13.7. The summed E-state index contributed by atoms with van der Waals surface area (Å²) in [5.41, 5.74) is 0. The summed E-state index contributed by atoms with van der Waals surface area (Å²) in [4.78, 5) is 24.6. The Bertz CT molecular complexity index is 302. The van der Waals surface area contributed by atoms with Gasteiger partial charge >= 0.3 is 12.0 Å². The van der Waals surface area contributed by atoms with Crippen LogP contribution < -0.4 is 5.32 Å². The number of carbonyl (C=O) groups excluding carboxylic acids is 1. The normalized spacial score (nSPS) is 16.4. The molecule has 1 aliphatic carbocycles. The number of rotatable bonds is 7. The third-order valence-electron chi connectivity index (χ3n) is 3.05. The van der Waals surface area contributed by atoms with E-state index >= 15 is 0 Å². The molecule has 2 amide bonds. The van der Waals surface area contributed by atoms with Crippen molar-refractivity contribution in [3.8, 4) is 0 Å². The summed E-state index contributed by atoms with van der Waals surface area (Å²) >= 11 is 0. The molecular formula is C12H22N2O4. The number of carboxylic acid groups (broad SMARTS) is 1. The third-order valence-corrected chi connectivity index (χ3v) is 3.05. The summed E-state index contributed by atoms with van der Waals surface area (Å²) in [5.74, 6) is -0.563. The number of hydrogen-bond acceptors (Lipinski definition) is 3.